The summed E-state index contributed by atoms with van der Waals surface area (Å²) in [6, 6.07) is 4.50. The lowest BCUT2D eigenvalue weighted by Gasteiger charge is -2.10. The van der Waals surface area contributed by atoms with Crippen LogP contribution in [0.4, 0.5) is 0 Å². The highest BCUT2D eigenvalue weighted by atomic mass is 16.3. The molecular formula is C11H15O3. The van der Waals surface area contributed by atoms with E-state index in [1.54, 1.807) is 12.1 Å². The molecule has 2 N–H and O–H groups in total. The van der Waals surface area contributed by atoms with Crippen molar-refractivity contribution in [3.05, 3.63) is 23.8 Å². The molecule has 0 fully saturated rings. The largest absolute Gasteiger partial charge is 0.504 e. The normalized spacial score (nSPS) is 12.7. The minimum Gasteiger partial charge on any atom is -0.504 e. The van der Waals surface area contributed by atoms with Crippen LogP contribution in [0, 0.1) is 0 Å². The number of hydrogen-bond donors (Lipinski definition) is 2. The molecular weight excluding hydrogens is 180 g/mol. The van der Waals surface area contributed by atoms with Crippen molar-refractivity contribution in [3.63, 3.8) is 0 Å². The van der Waals surface area contributed by atoms with Gasteiger partial charge in [0.15, 0.2) is 11.5 Å². The second-order valence-electron chi connectivity index (χ2n) is 3.35. The molecule has 0 spiro atoms. The predicted molar refractivity (Wildman–Crippen MR) is 52.7 cm³/mol. The second-order valence-corrected chi connectivity index (χ2v) is 3.35. The fourth-order valence-electron chi connectivity index (χ4n) is 1.35. The Bertz CT molecular complexity index is 297. The summed E-state index contributed by atoms with van der Waals surface area (Å²) in [5.41, 5.74) is 0.290. The Balaban J connectivity index is 2.79. The molecule has 14 heavy (non-hydrogen) atoms. The number of hydrogen-bond acceptors (Lipinski definition) is 2. The maximum absolute atomic E-state index is 11.6. The van der Waals surface area contributed by atoms with Gasteiger partial charge >= 0.3 is 0 Å². The maximum Gasteiger partial charge on any atom is 0.163 e. The van der Waals surface area contributed by atoms with E-state index in [4.69, 9.17) is 0 Å². The van der Waals surface area contributed by atoms with Gasteiger partial charge in [0.1, 0.15) is 6.10 Å². The Morgan fingerprint density at radius 1 is 1.36 bits per heavy atom. The van der Waals surface area contributed by atoms with E-state index in [0.29, 0.717) is 12.0 Å². The Kier molecular flexibility index (Phi) is 3.77. The summed E-state index contributed by atoms with van der Waals surface area (Å²) >= 11 is 0. The van der Waals surface area contributed by atoms with Crippen molar-refractivity contribution in [3.8, 4) is 11.5 Å². The number of rotatable bonds is 4. The number of phenols is 2. The quantitative estimate of drug-likeness (QED) is 0.725. The molecule has 0 amide bonds. The van der Waals surface area contributed by atoms with Gasteiger partial charge in [-0.25, -0.2) is 5.11 Å². The van der Waals surface area contributed by atoms with Gasteiger partial charge in [-0.05, 0) is 12.5 Å². The molecule has 1 aromatic rings. The average Bonchev–Trinajstić information content (AvgIpc) is 2.18. The lowest BCUT2D eigenvalue weighted by atomic mass is 10.0. The van der Waals surface area contributed by atoms with Crippen LogP contribution in [-0.2, 0) is 5.11 Å². The fourth-order valence-corrected chi connectivity index (χ4v) is 1.35. The summed E-state index contributed by atoms with van der Waals surface area (Å²) in [7, 11) is 0. The number of phenolic OH excluding ortho intramolecular Hbond substituents is 2. The summed E-state index contributed by atoms with van der Waals surface area (Å²) in [6.07, 6.45) is 1.34. The van der Waals surface area contributed by atoms with Gasteiger partial charge in [-0.1, -0.05) is 31.9 Å². The molecule has 0 aliphatic rings. The zero-order valence-electron chi connectivity index (χ0n) is 8.23. The highest BCUT2D eigenvalue weighted by Crippen LogP contribution is 2.34. The van der Waals surface area contributed by atoms with Crippen LogP contribution in [0.25, 0.3) is 0 Å². The van der Waals surface area contributed by atoms with Crippen molar-refractivity contribution < 1.29 is 15.3 Å². The second kappa shape index (κ2) is 4.86. The van der Waals surface area contributed by atoms with Crippen molar-refractivity contribution in [1.29, 1.82) is 0 Å². The molecule has 3 heteroatoms. The third-order valence-corrected chi connectivity index (χ3v) is 2.21. The van der Waals surface area contributed by atoms with Crippen molar-refractivity contribution in [2.45, 2.75) is 32.3 Å². The highest BCUT2D eigenvalue weighted by molar-refractivity contribution is 5.45. The first-order chi connectivity index (χ1) is 6.66. The zero-order valence-corrected chi connectivity index (χ0v) is 8.23. The Morgan fingerprint density at radius 3 is 2.71 bits per heavy atom. The molecule has 0 saturated heterocycles. The molecule has 3 nitrogen and oxygen atoms in total. The molecule has 0 aliphatic carbocycles. The molecule has 1 radical (unpaired) electrons. The van der Waals surface area contributed by atoms with E-state index in [0.717, 1.165) is 12.8 Å². The molecule has 0 heterocycles. The van der Waals surface area contributed by atoms with Gasteiger partial charge in [-0.15, -0.1) is 0 Å². The topological polar surface area (TPSA) is 60.4 Å². The van der Waals surface area contributed by atoms with Crippen LogP contribution >= 0.6 is 0 Å². The predicted octanol–water partition coefficient (Wildman–Crippen LogP) is 2.76. The molecule has 1 unspecified atom stereocenters. The van der Waals surface area contributed by atoms with Crippen LogP contribution in [0.3, 0.4) is 0 Å². The molecule has 0 bridgehead atoms. The third kappa shape index (κ3) is 2.39. The van der Waals surface area contributed by atoms with E-state index in [1.807, 2.05) is 6.92 Å². The minimum absolute atomic E-state index is 0.222. The van der Waals surface area contributed by atoms with Gasteiger partial charge < -0.3 is 10.2 Å². The molecule has 0 aliphatic heterocycles. The first-order valence-corrected chi connectivity index (χ1v) is 4.83. The number of benzene rings is 1. The van der Waals surface area contributed by atoms with Crippen molar-refractivity contribution >= 4 is 0 Å². The van der Waals surface area contributed by atoms with E-state index < -0.39 is 6.10 Å². The highest BCUT2D eigenvalue weighted by Gasteiger charge is 2.15. The summed E-state index contributed by atoms with van der Waals surface area (Å²) in [6.45, 7) is 2.01. The van der Waals surface area contributed by atoms with Crippen molar-refractivity contribution in [2.24, 2.45) is 0 Å². The van der Waals surface area contributed by atoms with Crippen LogP contribution < -0.4 is 0 Å². The summed E-state index contributed by atoms with van der Waals surface area (Å²) in [5, 5.41) is 30.2. The third-order valence-electron chi connectivity index (χ3n) is 2.21. The monoisotopic (exact) mass is 195 g/mol. The smallest absolute Gasteiger partial charge is 0.163 e. The Hall–Kier alpha value is -1.22. The zero-order chi connectivity index (χ0) is 10.6. The van der Waals surface area contributed by atoms with Crippen LogP contribution in [0.1, 0.15) is 37.9 Å². The Morgan fingerprint density at radius 2 is 2.07 bits per heavy atom. The first kappa shape index (κ1) is 10.9. The molecule has 1 aromatic carbocycles. The molecule has 1 atom stereocenters. The summed E-state index contributed by atoms with van der Waals surface area (Å²) in [4.78, 5) is 0. The lowest BCUT2D eigenvalue weighted by molar-refractivity contribution is 0.0765. The Labute approximate surface area is 83.6 Å². The summed E-state index contributed by atoms with van der Waals surface area (Å²) < 4.78 is 0. The van der Waals surface area contributed by atoms with E-state index in [1.165, 1.54) is 6.07 Å². The van der Waals surface area contributed by atoms with E-state index in [-0.39, 0.29) is 11.5 Å². The van der Waals surface area contributed by atoms with E-state index in [2.05, 4.69) is 0 Å². The van der Waals surface area contributed by atoms with Crippen LogP contribution in [-0.4, -0.2) is 10.2 Å². The van der Waals surface area contributed by atoms with Crippen LogP contribution in [0.15, 0.2) is 18.2 Å². The molecule has 0 aromatic heterocycles. The van der Waals surface area contributed by atoms with Gasteiger partial charge in [-0.3, -0.25) is 0 Å². The standard InChI is InChI=1S/C11H15O3/c1-2-3-6-9(12)8-5-4-7-10(13)11(8)14/h4-5,7,9,13-14H,2-3,6H2,1H3. The van der Waals surface area contributed by atoms with Gasteiger partial charge in [0.25, 0.3) is 0 Å². The number of aromatic hydroxyl groups is 2. The number of unbranched alkanes of at least 4 members (excludes halogenated alkanes) is 1. The summed E-state index contributed by atoms with van der Waals surface area (Å²) in [5.74, 6) is -0.497. The van der Waals surface area contributed by atoms with Gasteiger partial charge in [0, 0.05) is 5.56 Å². The van der Waals surface area contributed by atoms with E-state index in [9.17, 15) is 15.3 Å². The first-order valence-electron chi connectivity index (χ1n) is 4.83. The number of para-hydroxylation sites is 1. The van der Waals surface area contributed by atoms with E-state index >= 15 is 0 Å². The van der Waals surface area contributed by atoms with Crippen LogP contribution in [0.2, 0.25) is 0 Å². The van der Waals surface area contributed by atoms with Gasteiger partial charge in [0.2, 0.25) is 0 Å². The molecule has 77 valence electrons. The average molecular weight is 195 g/mol. The fraction of sp³-hybridized carbons (Fsp3) is 0.455. The molecule has 0 saturated carbocycles. The lowest BCUT2D eigenvalue weighted by Crippen LogP contribution is -1.95. The van der Waals surface area contributed by atoms with Crippen molar-refractivity contribution in [2.75, 3.05) is 0 Å². The van der Waals surface area contributed by atoms with Gasteiger partial charge in [0.05, 0.1) is 0 Å². The maximum atomic E-state index is 11.6. The SMILES string of the molecule is CCCCC([O])c1cccc(O)c1O. The van der Waals surface area contributed by atoms with Gasteiger partial charge in [-0.2, -0.15) is 0 Å². The molecule has 1 rings (SSSR count). The minimum atomic E-state index is -0.943. The van der Waals surface area contributed by atoms with Crippen LogP contribution in [0.5, 0.6) is 11.5 Å². The van der Waals surface area contributed by atoms with Crippen molar-refractivity contribution in [1.82, 2.24) is 0 Å².